The van der Waals surface area contributed by atoms with Gasteiger partial charge in [-0.2, -0.15) is 0 Å². The average Bonchev–Trinajstić information content (AvgIpc) is 3.72. The molecule has 240 valence electrons. The molecule has 0 saturated carbocycles. The molecule has 9 rings (SSSR count). The molecule has 0 amide bonds. The maximum atomic E-state index is 6.78. The molecule has 4 nitrogen and oxygen atoms in total. The minimum Gasteiger partial charge on any atom is -0.309 e. The molecule has 0 aliphatic carbocycles. The van der Waals surface area contributed by atoms with Gasteiger partial charge in [-0.05, 0) is 52.6 Å². The Kier molecular flexibility index (Phi) is 7.69. The van der Waals surface area contributed by atoms with E-state index >= 15 is 0 Å². The molecular formula is C45H34N4S. The first-order valence-corrected chi connectivity index (χ1v) is 17.7. The van der Waals surface area contributed by atoms with Gasteiger partial charge in [0.1, 0.15) is 5.84 Å². The van der Waals surface area contributed by atoms with E-state index in [2.05, 4.69) is 138 Å². The average molecular weight is 663 g/mol. The summed E-state index contributed by atoms with van der Waals surface area (Å²) in [7, 11) is 0. The monoisotopic (exact) mass is 662 g/mol. The second kappa shape index (κ2) is 12.8. The van der Waals surface area contributed by atoms with Crippen LogP contribution in [0.5, 0.6) is 0 Å². The van der Waals surface area contributed by atoms with Crippen LogP contribution in [0, 0.1) is 0 Å². The third-order valence-electron chi connectivity index (χ3n) is 9.49. The van der Waals surface area contributed by atoms with Crippen LogP contribution in [0.4, 0.5) is 0 Å². The first-order chi connectivity index (χ1) is 24.7. The number of hydrogen-bond donors (Lipinski definition) is 1. The highest BCUT2D eigenvalue weighted by Gasteiger charge is 2.19. The van der Waals surface area contributed by atoms with E-state index in [1.807, 2.05) is 47.7 Å². The van der Waals surface area contributed by atoms with E-state index in [4.69, 9.17) is 10.8 Å². The number of fused-ring (bicyclic) bond motifs is 7. The van der Waals surface area contributed by atoms with Gasteiger partial charge in [0.25, 0.3) is 0 Å². The lowest BCUT2D eigenvalue weighted by Crippen LogP contribution is -2.37. The number of nitrogens with two attached hydrogens (primary N) is 1. The van der Waals surface area contributed by atoms with E-state index in [0.717, 1.165) is 28.2 Å². The summed E-state index contributed by atoms with van der Waals surface area (Å²) in [6.45, 7) is 1.08. The molecule has 2 N–H and O–H groups in total. The van der Waals surface area contributed by atoms with Gasteiger partial charge in [0.05, 0.1) is 24.1 Å². The molecule has 0 spiro atoms. The fourth-order valence-corrected chi connectivity index (χ4v) is 8.34. The third-order valence-corrected chi connectivity index (χ3v) is 10.7. The smallest absolute Gasteiger partial charge is 0.145 e. The summed E-state index contributed by atoms with van der Waals surface area (Å²) in [5.41, 5.74) is 9.17. The maximum absolute atomic E-state index is 6.78. The van der Waals surface area contributed by atoms with Crippen molar-refractivity contribution < 1.29 is 0 Å². The number of amidine groups is 1. The standard InChI is InChI=1S/C45H34N4S/c46-48(45(34-16-8-3-9-17-34)47-29-31-12-4-1-5-13-31)30-32-20-23-36(24-21-32)49-40-27-26-38-37-18-10-11-19-42(37)50-44(38)43(40)39-25-22-35(28-41(39)49)33-14-6-2-7-15-33/h1-28H,29-30,46H2/b47-45-. The minimum absolute atomic E-state index is 0.524. The Hall–Kier alpha value is -6.01. The van der Waals surface area contributed by atoms with Gasteiger partial charge < -0.3 is 4.57 Å². The number of rotatable bonds is 7. The highest BCUT2D eigenvalue weighted by Crippen LogP contribution is 2.44. The Bertz CT molecular complexity index is 2640. The molecule has 0 saturated heterocycles. The van der Waals surface area contributed by atoms with Crippen molar-refractivity contribution in [3.8, 4) is 16.8 Å². The summed E-state index contributed by atoms with van der Waals surface area (Å²) in [5, 5.41) is 6.95. The Morgan fingerprint density at radius 1 is 0.580 bits per heavy atom. The molecular weight excluding hydrogens is 629 g/mol. The van der Waals surface area contributed by atoms with Gasteiger partial charge in [0.2, 0.25) is 0 Å². The van der Waals surface area contributed by atoms with Crippen LogP contribution in [-0.2, 0) is 13.1 Å². The number of benzene rings is 7. The molecule has 50 heavy (non-hydrogen) atoms. The largest absolute Gasteiger partial charge is 0.309 e. The van der Waals surface area contributed by atoms with Crippen LogP contribution in [-0.4, -0.2) is 15.4 Å². The topological polar surface area (TPSA) is 46.5 Å². The van der Waals surface area contributed by atoms with Crippen molar-refractivity contribution in [1.29, 1.82) is 0 Å². The number of aliphatic imine (C=N–C) groups is 1. The predicted octanol–water partition coefficient (Wildman–Crippen LogP) is 11.1. The lowest BCUT2D eigenvalue weighted by atomic mass is 10.0. The van der Waals surface area contributed by atoms with Crippen LogP contribution >= 0.6 is 11.3 Å². The Morgan fingerprint density at radius 2 is 1.26 bits per heavy atom. The lowest BCUT2D eigenvalue weighted by Gasteiger charge is -2.22. The predicted molar refractivity (Wildman–Crippen MR) is 212 cm³/mol. The highest BCUT2D eigenvalue weighted by atomic mass is 32.1. The van der Waals surface area contributed by atoms with Gasteiger partial charge in [-0.3, -0.25) is 10.0 Å². The van der Waals surface area contributed by atoms with Gasteiger partial charge in [-0.1, -0.05) is 140 Å². The van der Waals surface area contributed by atoms with Gasteiger partial charge in [-0.25, -0.2) is 5.84 Å². The number of nitrogens with zero attached hydrogens (tertiary/aromatic N) is 3. The molecule has 2 aromatic heterocycles. The molecule has 0 radical (unpaired) electrons. The van der Waals surface area contributed by atoms with E-state index in [-0.39, 0.29) is 0 Å². The van der Waals surface area contributed by atoms with Crippen molar-refractivity contribution in [1.82, 2.24) is 9.58 Å². The fourth-order valence-electron chi connectivity index (χ4n) is 7.08. The third kappa shape index (κ3) is 5.43. The molecule has 5 heteroatoms. The summed E-state index contributed by atoms with van der Waals surface area (Å²) < 4.78 is 5.06. The first kappa shape index (κ1) is 30.1. The van der Waals surface area contributed by atoms with Crippen molar-refractivity contribution in [3.63, 3.8) is 0 Å². The lowest BCUT2D eigenvalue weighted by molar-refractivity contribution is 0.433. The molecule has 0 aliphatic heterocycles. The second-order valence-electron chi connectivity index (χ2n) is 12.7. The molecule has 0 unspecified atom stereocenters. The van der Waals surface area contributed by atoms with Crippen LogP contribution < -0.4 is 5.84 Å². The summed E-state index contributed by atoms with van der Waals surface area (Å²) >= 11 is 1.88. The fraction of sp³-hybridized carbons (Fsp3) is 0.0444. The van der Waals surface area contributed by atoms with Crippen LogP contribution in [0.1, 0.15) is 16.7 Å². The number of aromatic nitrogens is 1. The van der Waals surface area contributed by atoms with Gasteiger partial charge in [-0.15, -0.1) is 11.3 Å². The zero-order valence-corrected chi connectivity index (χ0v) is 28.2. The minimum atomic E-state index is 0.524. The Morgan fingerprint density at radius 3 is 2.04 bits per heavy atom. The second-order valence-corrected chi connectivity index (χ2v) is 13.7. The summed E-state index contributed by atoms with van der Waals surface area (Å²) in [5.74, 6) is 7.55. The molecule has 0 fully saturated rings. The van der Waals surface area contributed by atoms with Crippen LogP contribution in [0.15, 0.2) is 175 Å². The number of thiophene rings is 1. The van der Waals surface area contributed by atoms with Crippen molar-refractivity contribution in [2.24, 2.45) is 10.8 Å². The molecule has 7 aromatic carbocycles. The normalized spacial score (nSPS) is 12.0. The SMILES string of the molecule is NN(Cc1ccc(-n2c3cc(-c4ccccc4)ccc3c3c4sc5ccccc5c4ccc32)cc1)/C(=N\Cc1ccccc1)c1ccccc1. The van der Waals surface area contributed by atoms with Crippen LogP contribution in [0.3, 0.4) is 0 Å². The van der Waals surface area contributed by atoms with Crippen LogP contribution in [0.2, 0.25) is 0 Å². The summed E-state index contributed by atoms with van der Waals surface area (Å²) in [6, 6.07) is 60.2. The van der Waals surface area contributed by atoms with E-state index in [1.165, 1.54) is 53.1 Å². The highest BCUT2D eigenvalue weighted by molar-refractivity contribution is 7.26. The zero-order valence-electron chi connectivity index (χ0n) is 27.4. The van der Waals surface area contributed by atoms with Crippen molar-refractivity contribution >= 4 is 59.2 Å². The van der Waals surface area contributed by atoms with Gasteiger partial charge in [0.15, 0.2) is 0 Å². The molecule has 0 atom stereocenters. The Balaban J connectivity index is 1.13. The van der Waals surface area contributed by atoms with Crippen molar-refractivity contribution in [2.45, 2.75) is 13.1 Å². The first-order valence-electron chi connectivity index (χ1n) is 16.9. The van der Waals surface area contributed by atoms with Gasteiger partial charge in [0, 0.05) is 42.2 Å². The summed E-state index contributed by atoms with van der Waals surface area (Å²) in [4.78, 5) is 4.97. The summed E-state index contributed by atoms with van der Waals surface area (Å²) in [6.07, 6.45) is 0. The Labute approximate surface area is 295 Å². The zero-order chi connectivity index (χ0) is 33.4. The maximum Gasteiger partial charge on any atom is 0.145 e. The molecule has 2 heterocycles. The van der Waals surface area contributed by atoms with Crippen molar-refractivity contribution in [2.75, 3.05) is 0 Å². The van der Waals surface area contributed by atoms with E-state index in [1.54, 1.807) is 5.01 Å². The van der Waals surface area contributed by atoms with Crippen LogP contribution in [0.25, 0.3) is 58.8 Å². The number of hydrazine groups is 1. The van der Waals surface area contributed by atoms with E-state index in [0.29, 0.717) is 13.1 Å². The quantitative estimate of drug-likeness (QED) is 0.0799. The van der Waals surface area contributed by atoms with E-state index < -0.39 is 0 Å². The number of hydrogen-bond acceptors (Lipinski definition) is 3. The van der Waals surface area contributed by atoms with Crippen molar-refractivity contribution in [3.05, 3.63) is 187 Å². The van der Waals surface area contributed by atoms with Gasteiger partial charge >= 0.3 is 0 Å². The molecule has 0 bridgehead atoms. The molecule has 0 aliphatic rings. The van der Waals surface area contributed by atoms with E-state index in [9.17, 15) is 0 Å². The molecule has 9 aromatic rings.